The minimum Gasteiger partial charge on any atom is -0.493 e. The Labute approximate surface area is 148 Å². The molecule has 0 radical (unpaired) electrons. The smallest absolute Gasteiger partial charge is 0.315 e. The van der Waals surface area contributed by atoms with Gasteiger partial charge in [-0.3, -0.25) is 4.98 Å². The predicted molar refractivity (Wildman–Crippen MR) is 97.0 cm³/mol. The van der Waals surface area contributed by atoms with Crippen molar-refractivity contribution in [2.45, 2.75) is 25.8 Å². The second-order valence-corrected chi connectivity index (χ2v) is 6.35. The summed E-state index contributed by atoms with van der Waals surface area (Å²) in [5.74, 6) is 1.36. The maximum Gasteiger partial charge on any atom is 0.315 e. The Balaban J connectivity index is 1.93. The van der Waals surface area contributed by atoms with E-state index in [1.165, 1.54) is 0 Å². The minimum atomic E-state index is -0.259. The summed E-state index contributed by atoms with van der Waals surface area (Å²) in [4.78, 5) is 16.1. The quantitative estimate of drug-likeness (QED) is 0.811. The molecule has 0 unspecified atom stereocenters. The van der Waals surface area contributed by atoms with E-state index in [2.05, 4.69) is 29.5 Å². The monoisotopic (exact) mass is 343 g/mol. The van der Waals surface area contributed by atoms with E-state index < -0.39 is 0 Å². The Hall–Kier alpha value is -2.76. The van der Waals surface area contributed by atoms with Crippen molar-refractivity contribution in [3.8, 4) is 11.5 Å². The van der Waals surface area contributed by atoms with E-state index in [1.54, 1.807) is 26.6 Å². The number of hydrogen-bond acceptors (Lipinski definition) is 4. The summed E-state index contributed by atoms with van der Waals surface area (Å²) in [6.45, 7) is 5.06. The molecule has 0 fully saturated rings. The molecule has 25 heavy (non-hydrogen) atoms. The molecule has 0 spiro atoms. The van der Waals surface area contributed by atoms with E-state index >= 15 is 0 Å². The van der Waals surface area contributed by atoms with Crippen LogP contribution in [0, 0.1) is 0 Å². The molecule has 0 aliphatic rings. The molecule has 0 saturated carbocycles. The van der Waals surface area contributed by atoms with Crippen LogP contribution in [0.5, 0.6) is 11.5 Å². The van der Waals surface area contributed by atoms with Gasteiger partial charge in [-0.15, -0.1) is 0 Å². The third kappa shape index (κ3) is 5.11. The summed E-state index contributed by atoms with van der Waals surface area (Å²) in [5, 5.41) is 5.74. The van der Waals surface area contributed by atoms with Crippen LogP contribution in [0.25, 0.3) is 0 Å². The molecule has 0 atom stereocenters. The highest BCUT2D eigenvalue weighted by molar-refractivity contribution is 5.74. The number of methoxy groups -OCH3 is 2. The Morgan fingerprint density at radius 3 is 2.52 bits per heavy atom. The average Bonchev–Trinajstić information content (AvgIpc) is 2.65. The Bertz CT molecular complexity index is 702. The molecule has 2 amide bonds. The number of urea groups is 1. The molecule has 1 aromatic carbocycles. The largest absolute Gasteiger partial charge is 0.493 e. The fraction of sp³-hybridized carbons (Fsp3) is 0.368. The van der Waals surface area contributed by atoms with E-state index in [0.717, 1.165) is 11.1 Å². The number of carbonyl (C=O) groups excluding carboxylic acids is 1. The molecule has 0 aliphatic carbocycles. The van der Waals surface area contributed by atoms with Crippen LogP contribution in [0.3, 0.4) is 0 Å². The summed E-state index contributed by atoms with van der Waals surface area (Å²) >= 11 is 0. The van der Waals surface area contributed by atoms with Gasteiger partial charge in [-0.1, -0.05) is 26.0 Å². The third-order valence-electron chi connectivity index (χ3n) is 4.03. The maximum absolute atomic E-state index is 12.0. The number of benzene rings is 1. The number of amides is 2. The summed E-state index contributed by atoms with van der Waals surface area (Å²) in [5.41, 5.74) is 1.75. The Morgan fingerprint density at radius 2 is 1.88 bits per heavy atom. The van der Waals surface area contributed by atoms with Crippen LogP contribution in [-0.4, -0.2) is 31.8 Å². The predicted octanol–water partition coefficient (Wildman–Crippen LogP) is 2.88. The number of aromatic nitrogens is 1. The van der Waals surface area contributed by atoms with Crippen molar-refractivity contribution < 1.29 is 14.3 Å². The van der Waals surface area contributed by atoms with Crippen molar-refractivity contribution in [1.29, 1.82) is 0 Å². The fourth-order valence-electron chi connectivity index (χ4n) is 2.41. The molecule has 6 heteroatoms. The first-order valence-electron chi connectivity index (χ1n) is 8.09. The number of hydrogen-bond donors (Lipinski definition) is 2. The molecule has 0 aliphatic heterocycles. The van der Waals surface area contributed by atoms with Gasteiger partial charge in [0.2, 0.25) is 0 Å². The number of ether oxygens (including phenoxy) is 2. The van der Waals surface area contributed by atoms with E-state index in [0.29, 0.717) is 24.6 Å². The summed E-state index contributed by atoms with van der Waals surface area (Å²) in [7, 11) is 3.22. The second kappa shape index (κ2) is 8.37. The molecule has 134 valence electrons. The van der Waals surface area contributed by atoms with E-state index in [4.69, 9.17) is 9.47 Å². The molecule has 2 rings (SSSR count). The molecule has 2 N–H and O–H groups in total. The molecular formula is C19H25N3O3. The molecule has 1 heterocycles. The highest BCUT2D eigenvalue weighted by Gasteiger charge is 2.23. The Kier molecular flexibility index (Phi) is 6.22. The van der Waals surface area contributed by atoms with Gasteiger partial charge in [-0.05, 0) is 29.3 Å². The highest BCUT2D eigenvalue weighted by Crippen LogP contribution is 2.32. The van der Waals surface area contributed by atoms with Gasteiger partial charge in [0, 0.05) is 30.9 Å². The van der Waals surface area contributed by atoms with Crippen molar-refractivity contribution in [2.24, 2.45) is 0 Å². The molecule has 0 saturated heterocycles. The van der Waals surface area contributed by atoms with Crippen molar-refractivity contribution in [1.82, 2.24) is 15.6 Å². The van der Waals surface area contributed by atoms with Crippen molar-refractivity contribution in [3.63, 3.8) is 0 Å². The zero-order chi connectivity index (χ0) is 18.3. The first-order chi connectivity index (χ1) is 12.0. The number of nitrogens with zero attached hydrogens (tertiary/aromatic N) is 1. The number of nitrogens with one attached hydrogen (secondary N) is 2. The second-order valence-electron chi connectivity index (χ2n) is 6.35. The summed E-state index contributed by atoms with van der Waals surface area (Å²) < 4.78 is 10.6. The number of carbonyl (C=O) groups is 1. The van der Waals surface area contributed by atoms with Crippen LogP contribution < -0.4 is 20.1 Å². The Morgan fingerprint density at radius 1 is 1.12 bits per heavy atom. The SMILES string of the molecule is COc1ccc(C(C)(C)CNC(=O)NCc2cccnc2)cc1OC. The molecular weight excluding hydrogens is 318 g/mol. The van der Waals surface area contributed by atoms with Gasteiger partial charge >= 0.3 is 6.03 Å². The number of pyridine rings is 1. The topological polar surface area (TPSA) is 72.5 Å². The van der Waals surface area contributed by atoms with Crippen molar-refractivity contribution in [3.05, 3.63) is 53.9 Å². The summed E-state index contributed by atoms with van der Waals surface area (Å²) in [6.07, 6.45) is 3.43. The van der Waals surface area contributed by atoms with Crippen LogP contribution >= 0.6 is 0 Å². The lowest BCUT2D eigenvalue weighted by atomic mass is 9.84. The fourth-order valence-corrected chi connectivity index (χ4v) is 2.41. The van der Waals surface area contributed by atoms with Crippen molar-refractivity contribution in [2.75, 3.05) is 20.8 Å². The van der Waals surface area contributed by atoms with Crippen LogP contribution in [0.4, 0.5) is 4.79 Å². The van der Waals surface area contributed by atoms with Gasteiger partial charge in [-0.25, -0.2) is 4.79 Å². The van der Waals surface area contributed by atoms with Gasteiger partial charge < -0.3 is 20.1 Å². The first kappa shape index (κ1) is 18.6. The highest BCUT2D eigenvalue weighted by atomic mass is 16.5. The zero-order valence-electron chi connectivity index (χ0n) is 15.1. The van der Waals surface area contributed by atoms with Crippen LogP contribution in [0.2, 0.25) is 0 Å². The van der Waals surface area contributed by atoms with Gasteiger partial charge in [0.05, 0.1) is 14.2 Å². The standard InChI is InChI=1S/C19H25N3O3/c1-19(2,15-7-8-16(24-3)17(10-15)25-4)13-22-18(23)21-12-14-6-5-9-20-11-14/h5-11H,12-13H2,1-4H3,(H2,21,22,23). The van der Waals surface area contributed by atoms with Crippen LogP contribution in [0.15, 0.2) is 42.7 Å². The van der Waals surface area contributed by atoms with Gasteiger partial charge in [0.1, 0.15) is 0 Å². The lowest BCUT2D eigenvalue weighted by Gasteiger charge is -2.26. The molecule has 0 bridgehead atoms. The lowest BCUT2D eigenvalue weighted by Crippen LogP contribution is -2.42. The molecule has 1 aromatic heterocycles. The van der Waals surface area contributed by atoms with Crippen LogP contribution in [-0.2, 0) is 12.0 Å². The van der Waals surface area contributed by atoms with E-state index in [-0.39, 0.29) is 11.4 Å². The van der Waals surface area contributed by atoms with Crippen LogP contribution in [0.1, 0.15) is 25.0 Å². The third-order valence-corrected chi connectivity index (χ3v) is 4.03. The van der Waals surface area contributed by atoms with E-state index in [1.807, 2.05) is 30.3 Å². The van der Waals surface area contributed by atoms with Crippen molar-refractivity contribution >= 4 is 6.03 Å². The van der Waals surface area contributed by atoms with Gasteiger partial charge in [0.25, 0.3) is 0 Å². The molecule has 6 nitrogen and oxygen atoms in total. The van der Waals surface area contributed by atoms with Gasteiger partial charge in [-0.2, -0.15) is 0 Å². The first-order valence-corrected chi connectivity index (χ1v) is 8.09. The van der Waals surface area contributed by atoms with E-state index in [9.17, 15) is 4.79 Å². The lowest BCUT2D eigenvalue weighted by molar-refractivity contribution is 0.238. The maximum atomic E-state index is 12.0. The molecule has 2 aromatic rings. The number of rotatable bonds is 7. The zero-order valence-corrected chi connectivity index (χ0v) is 15.1. The minimum absolute atomic E-state index is 0.211. The van der Waals surface area contributed by atoms with Gasteiger partial charge in [0.15, 0.2) is 11.5 Å². The normalized spacial score (nSPS) is 10.9. The average molecular weight is 343 g/mol. The summed E-state index contributed by atoms with van der Waals surface area (Å²) in [6, 6.07) is 9.34.